The molecule has 0 unspecified atom stereocenters. The van der Waals surface area contributed by atoms with E-state index < -0.39 is 11.8 Å². The van der Waals surface area contributed by atoms with Gasteiger partial charge in [0, 0.05) is 48.1 Å². The predicted molar refractivity (Wildman–Crippen MR) is 149 cm³/mol. The summed E-state index contributed by atoms with van der Waals surface area (Å²) in [6, 6.07) is 27.2. The highest BCUT2D eigenvalue weighted by Gasteiger charge is 2.48. The summed E-state index contributed by atoms with van der Waals surface area (Å²) in [6.45, 7) is 0.407. The zero-order valence-electron chi connectivity index (χ0n) is 21.6. The number of nitrogens with one attached hydrogen (secondary N) is 2. The number of benzene rings is 3. The molecule has 1 aliphatic heterocycles. The van der Waals surface area contributed by atoms with Gasteiger partial charge in [0.1, 0.15) is 0 Å². The van der Waals surface area contributed by atoms with E-state index in [-0.39, 0.29) is 54.7 Å². The third-order valence-corrected chi connectivity index (χ3v) is 8.27. The van der Waals surface area contributed by atoms with Crippen LogP contribution in [-0.2, 0) is 9.59 Å². The Kier molecular flexibility index (Phi) is 6.66. The molecule has 1 heterocycles. The van der Waals surface area contributed by atoms with Gasteiger partial charge in [0.15, 0.2) is 0 Å². The number of likely N-dealkylation sites (tertiary alicyclic amines) is 1. The number of hydrogen-bond acceptors (Lipinski definition) is 3. The zero-order valence-corrected chi connectivity index (χ0v) is 21.6. The molecular formula is C33H31N3O3. The van der Waals surface area contributed by atoms with Gasteiger partial charge in [0.05, 0.1) is 11.8 Å². The number of carbonyl (C=O) groups excluding carboxylic acids is 3. The summed E-state index contributed by atoms with van der Waals surface area (Å²) in [5, 5.41) is 6.34. The molecule has 6 heteroatoms. The first-order chi connectivity index (χ1) is 19.0. The van der Waals surface area contributed by atoms with Crippen molar-refractivity contribution in [3.63, 3.8) is 0 Å². The molecule has 3 fully saturated rings. The molecule has 196 valence electrons. The van der Waals surface area contributed by atoms with Crippen molar-refractivity contribution in [1.29, 1.82) is 0 Å². The molecule has 3 aromatic carbocycles. The molecule has 0 bridgehead atoms. The lowest BCUT2D eigenvalue weighted by molar-refractivity contribution is -0.133. The third kappa shape index (κ3) is 5.31. The minimum absolute atomic E-state index is 0.0514. The maximum atomic E-state index is 13.5. The summed E-state index contributed by atoms with van der Waals surface area (Å²) in [5.74, 6) is 1.39. The molecule has 3 aromatic rings. The highest BCUT2D eigenvalue weighted by atomic mass is 16.2. The summed E-state index contributed by atoms with van der Waals surface area (Å²) in [7, 11) is 0. The van der Waals surface area contributed by atoms with Crippen molar-refractivity contribution in [2.24, 2.45) is 11.8 Å². The van der Waals surface area contributed by atoms with Gasteiger partial charge in [0.25, 0.3) is 5.91 Å². The van der Waals surface area contributed by atoms with Crippen molar-refractivity contribution in [2.45, 2.75) is 36.8 Å². The van der Waals surface area contributed by atoms with Gasteiger partial charge in [-0.25, -0.2) is 0 Å². The maximum Gasteiger partial charge on any atom is 0.253 e. The minimum atomic E-state index is -0.607. The van der Waals surface area contributed by atoms with E-state index in [2.05, 4.69) is 40.8 Å². The third-order valence-electron chi connectivity index (χ3n) is 8.27. The van der Waals surface area contributed by atoms with Crippen molar-refractivity contribution in [3.8, 4) is 12.3 Å². The molecule has 6 atom stereocenters. The molecule has 2 aliphatic carbocycles. The number of carbonyl (C=O) groups is 3. The van der Waals surface area contributed by atoms with Crippen LogP contribution < -0.4 is 10.6 Å². The molecule has 1 saturated heterocycles. The molecule has 2 saturated carbocycles. The van der Waals surface area contributed by atoms with Crippen molar-refractivity contribution in [3.05, 3.63) is 107 Å². The Hall–Kier alpha value is -4.37. The Morgan fingerprint density at radius 3 is 1.59 bits per heavy atom. The first kappa shape index (κ1) is 24.9. The monoisotopic (exact) mass is 517 g/mol. The molecule has 0 spiro atoms. The SMILES string of the molecule is C#Cc1ccc(C(=O)N2C[C@@H](C(=O)N[C@H]3C[C@@H]3c3ccccc3)[C@H](C(=O)N[C@H]3C[C@@H]3c3ccccc3)C2)cc1. The Morgan fingerprint density at radius 1 is 0.692 bits per heavy atom. The van der Waals surface area contributed by atoms with E-state index in [1.807, 2.05) is 36.4 Å². The van der Waals surface area contributed by atoms with Crippen LogP contribution in [0.25, 0.3) is 0 Å². The molecule has 39 heavy (non-hydrogen) atoms. The van der Waals surface area contributed by atoms with Crippen LogP contribution in [0.5, 0.6) is 0 Å². The van der Waals surface area contributed by atoms with E-state index in [4.69, 9.17) is 6.42 Å². The maximum absolute atomic E-state index is 13.5. The van der Waals surface area contributed by atoms with Gasteiger partial charge >= 0.3 is 0 Å². The number of amides is 3. The average molecular weight is 518 g/mol. The van der Waals surface area contributed by atoms with Crippen molar-refractivity contribution in [1.82, 2.24) is 15.5 Å². The van der Waals surface area contributed by atoms with Gasteiger partial charge in [-0.1, -0.05) is 66.6 Å². The molecule has 2 N–H and O–H groups in total. The summed E-state index contributed by atoms with van der Waals surface area (Å²) in [5.41, 5.74) is 3.59. The lowest BCUT2D eigenvalue weighted by Crippen LogP contribution is -2.43. The molecule has 3 aliphatic rings. The topological polar surface area (TPSA) is 78.5 Å². The Morgan fingerprint density at radius 2 is 1.15 bits per heavy atom. The van der Waals surface area contributed by atoms with Crippen LogP contribution in [0.1, 0.15) is 51.7 Å². The van der Waals surface area contributed by atoms with Gasteiger partial charge < -0.3 is 15.5 Å². The van der Waals surface area contributed by atoms with E-state index in [1.54, 1.807) is 29.2 Å². The van der Waals surface area contributed by atoms with E-state index in [0.717, 1.165) is 12.8 Å². The van der Waals surface area contributed by atoms with Gasteiger partial charge in [-0.05, 0) is 48.2 Å². The van der Waals surface area contributed by atoms with Crippen molar-refractivity contribution in [2.75, 3.05) is 13.1 Å². The average Bonchev–Trinajstić information content (AvgIpc) is 3.88. The van der Waals surface area contributed by atoms with Gasteiger partial charge in [-0.2, -0.15) is 0 Å². The number of nitrogens with zero attached hydrogens (tertiary/aromatic N) is 1. The summed E-state index contributed by atoms with van der Waals surface area (Å²) >= 11 is 0. The van der Waals surface area contributed by atoms with Crippen LogP contribution in [0.15, 0.2) is 84.9 Å². The fourth-order valence-corrected chi connectivity index (χ4v) is 5.82. The van der Waals surface area contributed by atoms with E-state index in [9.17, 15) is 14.4 Å². The summed E-state index contributed by atoms with van der Waals surface area (Å²) < 4.78 is 0. The second-order valence-electron chi connectivity index (χ2n) is 10.9. The standard InChI is InChI=1S/C33H31N3O3/c1-2-21-13-15-24(16-14-21)33(39)36-19-27(31(37)34-29-17-25(29)22-9-5-3-6-10-22)28(20-36)32(38)35-30-18-26(30)23-11-7-4-8-12-23/h1,3-16,25-30H,17-20H2,(H,34,37)(H,35,38)/t25-,26-,27-,28-,29+,30+/m1/s1. The van der Waals surface area contributed by atoms with E-state index in [1.165, 1.54) is 11.1 Å². The van der Waals surface area contributed by atoms with Crippen LogP contribution in [0.3, 0.4) is 0 Å². The van der Waals surface area contributed by atoms with Crippen LogP contribution in [0.2, 0.25) is 0 Å². The first-order valence-corrected chi connectivity index (χ1v) is 13.6. The molecule has 0 radical (unpaired) electrons. The fourth-order valence-electron chi connectivity index (χ4n) is 5.82. The molecular weight excluding hydrogens is 486 g/mol. The molecule has 6 nitrogen and oxygen atoms in total. The fraction of sp³-hybridized carbons (Fsp3) is 0.303. The Bertz CT molecular complexity index is 1340. The predicted octanol–water partition coefficient (Wildman–Crippen LogP) is 3.70. The number of hydrogen-bond donors (Lipinski definition) is 2. The van der Waals surface area contributed by atoms with Crippen molar-refractivity contribution < 1.29 is 14.4 Å². The minimum Gasteiger partial charge on any atom is -0.352 e. The summed E-state index contributed by atoms with van der Waals surface area (Å²) in [6.07, 6.45) is 7.21. The Labute approximate surface area is 228 Å². The second-order valence-corrected chi connectivity index (χ2v) is 10.9. The molecule has 3 amide bonds. The number of terminal acetylenes is 1. The molecule has 6 rings (SSSR count). The van der Waals surface area contributed by atoms with Crippen molar-refractivity contribution >= 4 is 17.7 Å². The van der Waals surface area contributed by atoms with Crippen LogP contribution >= 0.6 is 0 Å². The quantitative estimate of drug-likeness (QED) is 0.469. The van der Waals surface area contributed by atoms with Gasteiger partial charge in [0.2, 0.25) is 11.8 Å². The highest BCUT2D eigenvalue weighted by molar-refractivity contribution is 5.97. The van der Waals surface area contributed by atoms with Crippen LogP contribution in [0, 0.1) is 24.2 Å². The normalized spacial score (nSPS) is 26.8. The first-order valence-electron chi connectivity index (χ1n) is 13.6. The lowest BCUT2D eigenvalue weighted by Gasteiger charge is -2.18. The van der Waals surface area contributed by atoms with E-state index >= 15 is 0 Å². The second kappa shape index (κ2) is 10.4. The van der Waals surface area contributed by atoms with Crippen LogP contribution in [0.4, 0.5) is 0 Å². The largest absolute Gasteiger partial charge is 0.352 e. The number of rotatable bonds is 7. The van der Waals surface area contributed by atoms with E-state index in [0.29, 0.717) is 11.1 Å². The van der Waals surface area contributed by atoms with Crippen LogP contribution in [-0.4, -0.2) is 47.8 Å². The van der Waals surface area contributed by atoms with Gasteiger partial charge in [-0.15, -0.1) is 6.42 Å². The van der Waals surface area contributed by atoms with Gasteiger partial charge in [-0.3, -0.25) is 14.4 Å². The molecule has 0 aromatic heterocycles. The summed E-state index contributed by atoms with van der Waals surface area (Å²) in [4.78, 5) is 42.0. The smallest absolute Gasteiger partial charge is 0.253 e. The zero-order chi connectivity index (χ0) is 26.9. The highest BCUT2D eigenvalue weighted by Crippen LogP contribution is 2.42. The lowest BCUT2D eigenvalue weighted by atomic mass is 9.94. The Balaban J connectivity index is 1.15.